The quantitative estimate of drug-likeness (QED) is 0.511. The van der Waals surface area contributed by atoms with E-state index >= 15 is 0 Å². The molecule has 0 aliphatic carbocycles. The molecule has 1 aliphatic rings. The lowest BCUT2D eigenvalue weighted by Crippen LogP contribution is -2.11. The molecule has 5 rings (SSSR count). The highest BCUT2D eigenvalue weighted by Gasteiger charge is 2.26. The lowest BCUT2D eigenvalue weighted by atomic mass is 9.97. The van der Waals surface area contributed by atoms with Crippen molar-refractivity contribution in [2.24, 2.45) is 0 Å². The Hall–Kier alpha value is -2.92. The average Bonchev–Trinajstić information content (AvgIpc) is 3.00. The molecule has 1 aliphatic heterocycles. The van der Waals surface area contributed by atoms with E-state index < -0.39 is 5.82 Å². The molecule has 0 saturated heterocycles. The number of aromatic amines is 1. The van der Waals surface area contributed by atoms with Crippen molar-refractivity contribution in [1.82, 2.24) is 15.2 Å². The second-order valence-electron chi connectivity index (χ2n) is 6.02. The standard InChI is InChI=1S/C19H12ClFN4/c20-14-6-5-10(7-15(14)21)18-13-8-22-19-17(13)12(9-23-25-19)11-3-1-2-4-16(11)24-18/h1-9,18,24H,(H,22,25). The summed E-state index contributed by atoms with van der Waals surface area (Å²) in [6.07, 6.45) is 3.67. The van der Waals surface area contributed by atoms with Crippen molar-refractivity contribution >= 4 is 28.3 Å². The maximum atomic E-state index is 14.1. The number of aromatic nitrogens is 3. The number of benzene rings is 2. The molecule has 122 valence electrons. The summed E-state index contributed by atoms with van der Waals surface area (Å²) < 4.78 is 14.1. The van der Waals surface area contributed by atoms with Gasteiger partial charge in [-0.05, 0) is 23.8 Å². The number of fused-ring (bicyclic) bond motifs is 2. The van der Waals surface area contributed by atoms with Crippen LogP contribution in [0.5, 0.6) is 0 Å². The van der Waals surface area contributed by atoms with Gasteiger partial charge in [-0.25, -0.2) is 4.39 Å². The number of H-pyrrole nitrogens is 1. The van der Waals surface area contributed by atoms with Gasteiger partial charge in [-0.3, -0.25) is 0 Å². The molecule has 0 saturated carbocycles. The number of hydrogen-bond donors (Lipinski definition) is 2. The fourth-order valence-electron chi connectivity index (χ4n) is 3.46. The van der Waals surface area contributed by atoms with Crippen molar-refractivity contribution in [3.05, 3.63) is 76.8 Å². The van der Waals surface area contributed by atoms with Crippen molar-refractivity contribution < 1.29 is 4.39 Å². The van der Waals surface area contributed by atoms with Crippen LogP contribution in [0.25, 0.3) is 22.2 Å². The van der Waals surface area contributed by atoms with Crippen LogP contribution in [0, 0.1) is 5.82 Å². The maximum absolute atomic E-state index is 14.1. The summed E-state index contributed by atoms with van der Waals surface area (Å²) in [4.78, 5) is 3.17. The highest BCUT2D eigenvalue weighted by atomic mass is 35.5. The molecule has 3 heterocycles. The minimum Gasteiger partial charge on any atom is -0.374 e. The van der Waals surface area contributed by atoms with Crippen LogP contribution in [0.15, 0.2) is 54.9 Å². The van der Waals surface area contributed by atoms with Gasteiger partial charge in [0.25, 0.3) is 0 Å². The molecule has 4 aromatic rings. The SMILES string of the molecule is Fc1cc(C2Nc3ccccc3-c3cnnc4[nH]cc2c34)ccc1Cl. The highest BCUT2D eigenvalue weighted by Crippen LogP contribution is 2.43. The van der Waals surface area contributed by atoms with E-state index in [1.54, 1.807) is 12.3 Å². The van der Waals surface area contributed by atoms with Crippen LogP contribution in [0.2, 0.25) is 5.02 Å². The van der Waals surface area contributed by atoms with Crippen LogP contribution in [-0.2, 0) is 0 Å². The minimum absolute atomic E-state index is 0.114. The predicted octanol–water partition coefficient (Wildman–Crippen LogP) is 4.93. The molecule has 0 spiro atoms. The topological polar surface area (TPSA) is 53.6 Å². The minimum atomic E-state index is -0.432. The molecule has 0 bridgehead atoms. The van der Waals surface area contributed by atoms with Gasteiger partial charge in [0.05, 0.1) is 17.3 Å². The van der Waals surface area contributed by atoms with E-state index in [4.69, 9.17) is 11.6 Å². The van der Waals surface area contributed by atoms with Crippen molar-refractivity contribution in [2.45, 2.75) is 6.04 Å². The van der Waals surface area contributed by atoms with Crippen LogP contribution in [0.3, 0.4) is 0 Å². The van der Waals surface area contributed by atoms with E-state index in [-0.39, 0.29) is 11.1 Å². The highest BCUT2D eigenvalue weighted by molar-refractivity contribution is 6.30. The number of anilines is 1. The fourth-order valence-corrected chi connectivity index (χ4v) is 3.58. The molecule has 2 N–H and O–H groups in total. The zero-order valence-electron chi connectivity index (χ0n) is 12.9. The van der Waals surface area contributed by atoms with Gasteiger partial charge in [0, 0.05) is 34.0 Å². The Kier molecular flexibility index (Phi) is 3.05. The zero-order valence-corrected chi connectivity index (χ0v) is 13.7. The summed E-state index contributed by atoms with van der Waals surface area (Å²) in [5.41, 5.74) is 5.51. The summed E-state index contributed by atoms with van der Waals surface area (Å²) in [7, 11) is 0. The summed E-state index contributed by atoms with van der Waals surface area (Å²) >= 11 is 5.85. The Labute approximate surface area is 147 Å². The third-order valence-corrected chi connectivity index (χ3v) is 4.92. The molecule has 0 amide bonds. The Morgan fingerprint density at radius 3 is 2.84 bits per heavy atom. The van der Waals surface area contributed by atoms with Gasteiger partial charge in [0.1, 0.15) is 5.82 Å². The lowest BCUT2D eigenvalue weighted by Gasteiger charge is -2.19. The summed E-state index contributed by atoms with van der Waals surface area (Å²) in [5.74, 6) is -0.432. The second kappa shape index (κ2) is 5.29. The van der Waals surface area contributed by atoms with E-state index in [2.05, 4.69) is 20.5 Å². The molecule has 1 atom stereocenters. The maximum Gasteiger partial charge on any atom is 0.160 e. The van der Waals surface area contributed by atoms with E-state index in [0.717, 1.165) is 33.3 Å². The summed E-state index contributed by atoms with van der Waals surface area (Å²) in [5, 5.41) is 12.9. The van der Waals surface area contributed by atoms with Crippen molar-refractivity contribution in [3.63, 3.8) is 0 Å². The van der Waals surface area contributed by atoms with Gasteiger partial charge in [-0.1, -0.05) is 35.9 Å². The normalized spacial score (nSPS) is 15.5. The van der Waals surface area contributed by atoms with E-state index in [1.165, 1.54) is 6.07 Å². The van der Waals surface area contributed by atoms with Crippen LogP contribution in [0.1, 0.15) is 17.2 Å². The average molecular weight is 351 g/mol. The lowest BCUT2D eigenvalue weighted by molar-refractivity contribution is 0.625. The number of rotatable bonds is 1. The zero-order chi connectivity index (χ0) is 17.0. The van der Waals surface area contributed by atoms with Gasteiger partial charge in [-0.2, -0.15) is 5.10 Å². The monoisotopic (exact) mass is 350 g/mol. The molecule has 25 heavy (non-hydrogen) atoms. The summed E-state index contributed by atoms with van der Waals surface area (Å²) in [6.45, 7) is 0. The smallest absolute Gasteiger partial charge is 0.160 e. The van der Waals surface area contributed by atoms with Crippen molar-refractivity contribution in [1.29, 1.82) is 0 Å². The first-order chi connectivity index (χ1) is 12.2. The van der Waals surface area contributed by atoms with E-state index in [1.807, 2.05) is 36.5 Å². The number of halogens is 2. The van der Waals surface area contributed by atoms with Crippen LogP contribution >= 0.6 is 11.6 Å². The Balaban J connectivity index is 1.83. The van der Waals surface area contributed by atoms with Crippen molar-refractivity contribution in [3.8, 4) is 11.1 Å². The Morgan fingerprint density at radius 1 is 1.08 bits per heavy atom. The van der Waals surface area contributed by atoms with Crippen LogP contribution in [0.4, 0.5) is 10.1 Å². The Bertz CT molecular complexity index is 1120. The first-order valence-corrected chi connectivity index (χ1v) is 8.24. The van der Waals surface area contributed by atoms with E-state index in [9.17, 15) is 4.39 Å². The Morgan fingerprint density at radius 2 is 1.96 bits per heavy atom. The predicted molar refractivity (Wildman–Crippen MR) is 96.2 cm³/mol. The molecule has 2 aromatic heterocycles. The first kappa shape index (κ1) is 14.4. The first-order valence-electron chi connectivity index (χ1n) is 7.86. The van der Waals surface area contributed by atoms with Crippen LogP contribution < -0.4 is 5.32 Å². The molecule has 1 unspecified atom stereocenters. The third-order valence-electron chi connectivity index (χ3n) is 4.61. The molecule has 4 nitrogen and oxygen atoms in total. The largest absolute Gasteiger partial charge is 0.374 e. The van der Waals surface area contributed by atoms with Gasteiger partial charge in [0.2, 0.25) is 0 Å². The summed E-state index contributed by atoms with van der Waals surface area (Å²) in [6, 6.07) is 12.7. The fraction of sp³-hybridized carbons (Fsp3) is 0.0526. The molecular weight excluding hydrogens is 339 g/mol. The number of para-hydroxylation sites is 1. The molecule has 2 aromatic carbocycles. The molecular formula is C19H12ClFN4. The third kappa shape index (κ3) is 2.13. The molecule has 6 heteroatoms. The number of nitrogens with one attached hydrogen (secondary N) is 2. The van der Waals surface area contributed by atoms with Crippen molar-refractivity contribution in [2.75, 3.05) is 5.32 Å². The van der Waals surface area contributed by atoms with Gasteiger partial charge in [-0.15, -0.1) is 5.10 Å². The van der Waals surface area contributed by atoms with Gasteiger partial charge in [0.15, 0.2) is 5.65 Å². The second-order valence-corrected chi connectivity index (χ2v) is 6.43. The van der Waals surface area contributed by atoms with Gasteiger partial charge >= 0.3 is 0 Å². The molecule has 0 radical (unpaired) electrons. The molecule has 0 fully saturated rings. The number of nitrogens with zero attached hydrogens (tertiary/aromatic N) is 2. The van der Waals surface area contributed by atoms with Crippen LogP contribution in [-0.4, -0.2) is 15.2 Å². The van der Waals surface area contributed by atoms with E-state index in [0.29, 0.717) is 5.65 Å². The number of hydrogen-bond acceptors (Lipinski definition) is 3. The van der Waals surface area contributed by atoms with Gasteiger partial charge < -0.3 is 10.3 Å².